The van der Waals surface area contributed by atoms with Crippen molar-refractivity contribution in [2.24, 2.45) is 52.8 Å². The minimum absolute atomic E-state index is 0.0958. The number of hydrogen-bond acceptors (Lipinski definition) is 9. The van der Waals surface area contributed by atoms with Gasteiger partial charge in [-0.05, 0) is 105 Å². The van der Waals surface area contributed by atoms with Crippen molar-refractivity contribution in [2.75, 3.05) is 19.7 Å². The molecule has 4 saturated carbocycles. The summed E-state index contributed by atoms with van der Waals surface area (Å²) in [7, 11) is 0. The van der Waals surface area contributed by atoms with Crippen molar-refractivity contribution in [3.05, 3.63) is 0 Å². The van der Waals surface area contributed by atoms with Crippen LogP contribution in [0.3, 0.4) is 0 Å². The first-order valence-electron chi connectivity index (χ1n) is 16.9. The number of Topliss-reactive ketones (excluding diaryl/α,β-unsaturated/α-hetero) is 1. The van der Waals surface area contributed by atoms with E-state index in [0.717, 1.165) is 51.6 Å². The summed E-state index contributed by atoms with van der Waals surface area (Å²) in [4.78, 5) is 16.5. The highest BCUT2D eigenvalue weighted by molar-refractivity contribution is 5.83. The Morgan fingerprint density at radius 1 is 0.905 bits per heavy atom. The number of ketones is 1. The van der Waals surface area contributed by atoms with E-state index in [4.69, 9.17) is 9.47 Å². The zero-order valence-electron chi connectivity index (χ0n) is 25.6. The highest BCUT2D eigenvalue weighted by atomic mass is 16.7. The van der Waals surface area contributed by atoms with E-state index in [1.54, 1.807) is 0 Å². The fraction of sp³-hybridized carbons (Fsp3) is 0.970. The van der Waals surface area contributed by atoms with Crippen LogP contribution >= 0.6 is 0 Å². The van der Waals surface area contributed by atoms with E-state index in [2.05, 4.69) is 25.7 Å². The first-order chi connectivity index (χ1) is 19.9. The number of carbonyl (C=O) groups is 1. The second kappa shape index (κ2) is 10.7. The highest BCUT2D eigenvalue weighted by Gasteiger charge is 2.64. The standard InChI is InChI=1S/C33H53NO8/c1-16-4-7-27-33(3,40)22-6-5-18-19(21(22)14-34(27)13-16)11-23-20(18)12-25(36)24-10-17(8-9-32(23,24)2)41-31-30(39)29(38)28(37)26(15-35)42-31/h16-24,26-31,35,37-40H,4-15H2,1-3H3/t16-,17-,18+,19+,20-,21-,22+,23-,24+,26+,27-,28+,29-,30+,31+,32+,33-/m0/s1. The number of aliphatic hydroxyl groups is 5. The van der Waals surface area contributed by atoms with E-state index in [-0.39, 0.29) is 23.5 Å². The topological polar surface area (TPSA) is 140 Å². The van der Waals surface area contributed by atoms with Crippen LogP contribution in [0.25, 0.3) is 0 Å². The van der Waals surface area contributed by atoms with Crippen LogP contribution in [-0.2, 0) is 14.3 Å². The lowest BCUT2D eigenvalue weighted by Gasteiger charge is -2.59. The maximum absolute atomic E-state index is 13.9. The molecule has 0 bridgehead atoms. The number of nitrogens with zero attached hydrogens (tertiary/aromatic N) is 1. The Hall–Kier alpha value is -0.650. The molecule has 17 atom stereocenters. The van der Waals surface area contributed by atoms with Gasteiger partial charge in [0, 0.05) is 31.5 Å². The summed E-state index contributed by atoms with van der Waals surface area (Å²) < 4.78 is 11.8. The molecule has 3 saturated heterocycles. The zero-order chi connectivity index (χ0) is 29.7. The molecule has 9 heteroatoms. The normalized spacial score (nSPS) is 57.9. The lowest BCUT2D eigenvalue weighted by Crippen LogP contribution is -2.67. The molecule has 7 rings (SSSR count). The Labute approximate surface area is 249 Å². The molecule has 0 aromatic carbocycles. The SMILES string of the molecule is C[C@H]1CC[C@@H]2N(C1)C[C@H]1[C@@H]3C[C@H]4[C@@H](CC(=O)[C@H]5C[C@@H](O[C@@H]6O[C@H](CO)[C@@H](O)[C@H](O)[C@H]6O)CC[C@@]54C)[C@@H]3CC[C@H]1[C@]2(C)O. The fourth-order valence-electron chi connectivity index (χ4n) is 11.8. The van der Waals surface area contributed by atoms with Crippen molar-refractivity contribution in [3.63, 3.8) is 0 Å². The maximum Gasteiger partial charge on any atom is 0.186 e. The Kier molecular flexibility index (Phi) is 7.66. The van der Waals surface area contributed by atoms with E-state index < -0.39 is 42.9 Å². The van der Waals surface area contributed by atoms with Crippen molar-refractivity contribution in [3.8, 4) is 0 Å². The molecule has 42 heavy (non-hydrogen) atoms. The molecule has 238 valence electrons. The number of aliphatic hydroxyl groups excluding tert-OH is 4. The van der Waals surface area contributed by atoms with Crippen LogP contribution in [0.15, 0.2) is 0 Å². The molecule has 3 aliphatic heterocycles. The Morgan fingerprint density at radius 3 is 2.45 bits per heavy atom. The van der Waals surface area contributed by atoms with Crippen LogP contribution in [0.5, 0.6) is 0 Å². The van der Waals surface area contributed by atoms with Gasteiger partial charge < -0.3 is 35.0 Å². The van der Waals surface area contributed by atoms with Crippen molar-refractivity contribution in [1.82, 2.24) is 4.90 Å². The molecule has 0 aromatic heterocycles. The predicted molar refractivity (Wildman–Crippen MR) is 153 cm³/mol. The van der Waals surface area contributed by atoms with Gasteiger partial charge in [0.05, 0.1) is 18.3 Å². The van der Waals surface area contributed by atoms with Crippen LogP contribution < -0.4 is 0 Å². The lowest BCUT2D eigenvalue weighted by molar-refractivity contribution is -0.315. The number of piperidine rings is 2. The Morgan fingerprint density at radius 2 is 1.69 bits per heavy atom. The number of fused-ring (bicyclic) bond motifs is 8. The van der Waals surface area contributed by atoms with Gasteiger partial charge >= 0.3 is 0 Å². The van der Waals surface area contributed by atoms with Gasteiger partial charge in [-0.1, -0.05) is 13.8 Å². The molecule has 0 spiro atoms. The van der Waals surface area contributed by atoms with Crippen LogP contribution in [0.1, 0.15) is 78.6 Å². The first kappa shape index (κ1) is 30.0. The quantitative estimate of drug-likeness (QED) is 0.310. The smallest absolute Gasteiger partial charge is 0.186 e. The molecule has 0 radical (unpaired) electrons. The lowest BCUT2D eigenvalue weighted by atomic mass is 9.51. The molecule has 0 unspecified atom stereocenters. The molecular weight excluding hydrogens is 538 g/mol. The zero-order valence-corrected chi connectivity index (χ0v) is 25.6. The van der Waals surface area contributed by atoms with Crippen LogP contribution in [0, 0.1) is 52.8 Å². The molecular formula is C33H53NO8. The monoisotopic (exact) mass is 591 g/mol. The summed E-state index contributed by atoms with van der Waals surface area (Å²) in [5, 5.41) is 52.4. The van der Waals surface area contributed by atoms with Crippen molar-refractivity contribution < 1.29 is 39.8 Å². The number of ether oxygens (including phenoxy) is 2. The molecule has 5 N–H and O–H groups in total. The van der Waals surface area contributed by atoms with Crippen LogP contribution in [0.4, 0.5) is 0 Å². The van der Waals surface area contributed by atoms with E-state index in [0.29, 0.717) is 60.1 Å². The maximum atomic E-state index is 13.9. The summed E-state index contributed by atoms with van der Waals surface area (Å²) in [6, 6.07) is 0.276. The molecule has 0 amide bonds. The van der Waals surface area contributed by atoms with Gasteiger partial charge in [-0.25, -0.2) is 0 Å². The molecule has 7 fully saturated rings. The van der Waals surface area contributed by atoms with Gasteiger partial charge in [-0.2, -0.15) is 0 Å². The summed E-state index contributed by atoms with van der Waals surface area (Å²) in [6.07, 6.45) is 1.67. The largest absolute Gasteiger partial charge is 0.394 e. The Bertz CT molecular complexity index is 1040. The van der Waals surface area contributed by atoms with Gasteiger partial charge in [0.15, 0.2) is 6.29 Å². The van der Waals surface area contributed by atoms with Crippen molar-refractivity contribution in [1.29, 1.82) is 0 Å². The molecule has 9 nitrogen and oxygen atoms in total. The number of hydrogen-bond donors (Lipinski definition) is 5. The van der Waals surface area contributed by atoms with Gasteiger partial charge in [0.1, 0.15) is 30.2 Å². The summed E-state index contributed by atoms with van der Waals surface area (Å²) >= 11 is 0. The molecule has 4 aliphatic carbocycles. The number of rotatable bonds is 3. The average Bonchev–Trinajstić information content (AvgIpc) is 3.33. The summed E-state index contributed by atoms with van der Waals surface area (Å²) in [5.74, 6) is 3.79. The number of carbonyl (C=O) groups excluding carboxylic acids is 1. The summed E-state index contributed by atoms with van der Waals surface area (Å²) in [5.41, 5.74) is -0.745. The third kappa shape index (κ3) is 4.50. The Balaban J connectivity index is 1.07. The second-order valence-electron chi connectivity index (χ2n) is 16.0. The minimum Gasteiger partial charge on any atom is -0.394 e. The van der Waals surface area contributed by atoms with Crippen molar-refractivity contribution >= 4 is 5.78 Å². The molecule has 7 aliphatic rings. The van der Waals surface area contributed by atoms with Gasteiger partial charge in [0.25, 0.3) is 0 Å². The van der Waals surface area contributed by atoms with Crippen molar-refractivity contribution in [2.45, 2.75) is 127 Å². The van der Waals surface area contributed by atoms with E-state index in [9.17, 15) is 30.3 Å². The summed E-state index contributed by atoms with van der Waals surface area (Å²) in [6.45, 7) is 8.49. The molecule has 0 aromatic rings. The van der Waals surface area contributed by atoms with Gasteiger partial charge in [-0.3, -0.25) is 9.69 Å². The van der Waals surface area contributed by atoms with E-state index >= 15 is 0 Å². The molecule has 3 heterocycles. The highest BCUT2D eigenvalue weighted by Crippen LogP contribution is 2.66. The third-order valence-electron chi connectivity index (χ3n) is 14.0. The van der Waals surface area contributed by atoms with Gasteiger partial charge in [-0.15, -0.1) is 0 Å². The van der Waals surface area contributed by atoms with E-state index in [1.807, 2.05) is 0 Å². The average molecular weight is 592 g/mol. The van der Waals surface area contributed by atoms with Gasteiger partial charge in [0.2, 0.25) is 0 Å². The predicted octanol–water partition coefficient (Wildman–Crippen LogP) is 1.71. The third-order valence-corrected chi connectivity index (χ3v) is 14.0. The second-order valence-corrected chi connectivity index (χ2v) is 16.0. The van der Waals surface area contributed by atoms with Crippen LogP contribution in [0.2, 0.25) is 0 Å². The van der Waals surface area contributed by atoms with Crippen LogP contribution in [-0.4, -0.2) is 104 Å². The first-order valence-corrected chi connectivity index (χ1v) is 16.9. The fourth-order valence-corrected chi connectivity index (χ4v) is 11.8. The van der Waals surface area contributed by atoms with E-state index in [1.165, 1.54) is 6.42 Å². The minimum atomic E-state index is -1.47.